The molecule has 0 fully saturated rings. The monoisotopic (exact) mass is 364 g/mol. The Labute approximate surface area is 147 Å². The van der Waals surface area contributed by atoms with Crippen molar-refractivity contribution < 1.29 is 24.0 Å². The number of aromatic carboxylic acids is 1. The topological polar surface area (TPSA) is 123 Å². The number of carbonyl (C=O) groups excluding carboxylic acids is 1. The number of nitro benzene ring substituents is 1. The van der Waals surface area contributed by atoms with Crippen molar-refractivity contribution in [3.05, 3.63) is 57.0 Å². The Balaban J connectivity index is 2.19. The highest BCUT2D eigenvalue weighted by Crippen LogP contribution is 2.26. The van der Waals surface area contributed by atoms with Crippen molar-refractivity contribution in [2.75, 3.05) is 5.75 Å². The smallest absolute Gasteiger partial charge is 0.339 e. The Morgan fingerprint density at radius 2 is 2.04 bits per heavy atom. The van der Waals surface area contributed by atoms with Gasteiger partial charge in [0.15, 0.2) is 0 Å². The number of nitro groups is 1. The van der Waals surface area contributed by atoms with E-state index in [1.807, 2.05) is 6.92 Å². The molecule has 0 saturated carbocycles. The highest BCUT2D eigenvalue weighted by Gasteiger charge is 2.18. The van der Waals surface area contributed by atoms with Gasteiger partial charge >= 0.3 is 5.97 Å². The van der Waals surface area contributed by atoms with E-state index in [-0.39, 0.29) is 29.1 Å². The lowest BCUT2D eigenvalue weighted by Crippen LogP contribution is -2.23. The van der Waals surface area contributed by atoms with Crippen LogP contribution in [-0.2, 0) is 6.54 Å². The van der Waals surface area contributed by atoms with Crippen LogP contribution in [0.1, 0.15) is 39.2 Å². The summed E-state index contributed by atoms with van der Waals surface area (Å²) in [5.74, 6) is -0.366. The van der Waals surface area contributed by atoms with Gasteiger partial charge in [-0.05, 0) is 24.8 Å². The summed E-state index contributed by atoms with van der Waals surface area (Å²) in [5.41, 5.74) is 0.0530. The molecule has 2 N–H and O–H groups in total. The van der Waals surface area contributed by atoms with Gasteiger partial charge in [-0.1, -0.05) is 6.92 Å². The van der Waals surface area contributed by atoms with Gasteiger partial charge in [0.05, 0.1) is 17.0 Å². The Kier molecular flexibility index (Phi) is 5.81. The summed E-state index contributed by atoms with van der Waals surface area (Å²) in [6.07, 6.45) is 0. The van der Waals surface area contributed by atoms with Crippen LogP contribution in [0.3, 0.4) is 0 Å². The third-order valence-electron chi connectivity index (χ3n) is 3.34. The average molecular weight is 364 g/mol. The fourth-order valence-electron chi connectivity index (χ4n) is 2.20. The zero-order chi connectivity index (χ0) is 18.6. The third-order valence-corrected chi connectivity index (χ3v) is 4.30. The quantitative estimate of drug-likeness (QED) is 0.439. The Morgan fingerprint density at radius 1 is 1.32 bits per heavy atom. The highest BCUT2D eigenvalue weighted by molar-refractivity contribution is 7.99. The third kappa shape index (κ3) is 4.38. The van der Waals surface area contributed by atoms with Gasteiger partial charge in [0.25, 0.3) is 11.6 Å². The van der Waals surface area contributed by atoms with Gasteiger partial charge in [0.2, 0.25) is 0 Å². The number of benzene rings is 1. The predicted octanol–water partition coefficient (Wildman–Crippen LogP) is 3.24. The number of thioether (sulfide) groups is 1. The molecule has 0 spiro atoms. The second kappa shape index (κ2) is 7.84. The average Bonchev–Trinajstić information content (AvgIpc) is 2.94. The van der Waals surface area contributed by atoms with Crippen molar-refractivity contribution >= 4 is 29.3 Å². The minimum Gasteiger partial charge on any atom is -0.478 e. The molecule has 0 aliphatic heterocycles. The number of non-ortho nitro benzene ring substituents is 1. The zero-order valence-corrected chi connectivity index (χ0v) is 14.4. The number of amides is 1. The molecule has 0 unspecified atom stereocenters. The molecule has 8 nitrogen and oxygen atoms in total. The molecule has 0 saturated heterocycles. The van der Waals surface area contributed by atoms with E-state index in [9.17, 15) is 19.7 Å². The molecule has 132 valence electrons. The maximum atomic E-state index is 12.4. The first-order chi connectivity index (χ1) is 11.8. The second-order valence-electron chi connectivity index (χ2n) is 5.04. The molecule has 0 bridgehead atoms. The molecule has 0 radical (unpaired) electrons. The van der Waals surface area contributed by atoms with Crippen LogP contribution in [0.25, 0.3) is 0 Å². The van der Waals surface area contributed by atoms with Gasteiger partial charge in [0, 0.05) is 17.0 Å². The number of furan rings is 1. The van der Waals surface area contributed by atoms with Crippen molar-refractivity contribution in [2.45, 2.75) is 25.3 Å². The first-order valence-electron chi connectivity index (χ1n) is 7.35. The summed E-state index contributed by atoms with van der Waals surface area (Å²) in [7, 11) is 0. The van der Waals surface area contributed by atoms with E-state index >= 15 is 0 Å². The number of nitrogens with zero attached hydrogens (tertiary/aromatic N) is 1. The molecule has 1 aromatic carbocycles. The van der Waals surface area contributed by atoms with Crippen LogP contribution in [0.2, 0.25) is 0 Å². The minimum absolute atomic E-state index is 0.0219. The van der Waals surface area contributed by atoms with E-state index in [1.54, 1.807) is 6.07 Å². The van der Waals surface area contributed by atoms with E-state index in [0.717, 1.165) is 0 Å². The van der Waals surface area contributed by atoms with Crippen LogP contribution in [0.15, 0.2) is 33.6 Å². The fourth-order valence-corrected chi connectivity index (χ4v) is 2.98. The van der Waals surface area contributed by atoms with Crippen molar-refractivity contribution in [3.63, 3.8) is 0 Å². The molecule has 1 heterocycles. The molecule has 2 rings (SSSR count). The highest BCUT2D eigenvalue weighted by atomic mass is 32.2. The van der Waals surface area contributed by atoms with Gasteiger partial charge in [-0.15, -0.1) is 11.8 Å². The van der Waals surface area contributed by atoms with Gasteiger partial charge in [-0.3, -0.25) is 14.9 Å². The predicted molar refractivity (Wildman–Crippen MR) is 91.1 cm³/mol. The summed E-state index contributed by atoms with van der Waals surface area (Å²) >= 11 is 1.40. The Hall–Kier alpha value is -2.81. The maximum absolute atomic E-state index is 12.4. The summed E-state index contributed by atoms with van der Waals surface area (Å²) in [6, 6.07) is 5.46. The molecular weight excluding hydrogens is 348 g/mol. The van der Waals surface area contributed by atoms with Crippen LogP contribution in [0.4, 0.5) is 5.69 Å². The number of hydrogen-bond donors (Lipinski definition) is 2. The normalized spacial score (nSPS) is 10.5. The summed E-state index contributed by atoms with van der Waals surface area (Å²) in [5, 5.41) is 22.5. The number of aryl methyl sites for hydroxylation is 1. The standard InChI is InChI=1S/C16H16N2O6S/c1-3-25-14-5-4-10(18(22)23)6-13(14)15(19)17-8-11-7-12(16(20)21)9(2)24-11/h4-7H,3,8H2,1-2H3,(H,17,19)(H,20,21). The molecule has 0 aliphatic carbocycles. The Bertz CT molecular complexity index is 830. The number of hydrogen-bond acceptors (Lipinski definition) is 6. The van der Waals surface area contributed by atoms with Crippen LogP contribution in [0, 0.1) is 17.0 Å². The second-order valence-corrected chi connectivity index (χ2v) is 6.35. The SMILES string of the molecule is CCSc1ccc([N+](=O)[O-])cc1C(=O)NCc1cc(C(=O)O)c(C)o1. The zero-order valence-electron chi connectivity index (χ0n) is 13.6. The number of carbonyl (C=O) groups is 2. The lowest BCUT2D eigenvalue weighted by Gasteiger charge is -2.08. The summed E-state index contributed by atoms with van der Waals surface area (Å²) in [4.78, 5) is 34.4. The number of carboxylic acid groups (broad SMARTS) is 1. The lowest BCUT2D eigenvalue weighted by atomic mass is 10.2. The van der Waals surface area contributed by atoms with Crippen LogP contribution in [-0.4, -0.2) is 27.7 Å². The molecule has 0 aliphatic rings. The molecule has 9 heteroatoms. The molecule has 1 aromatic heterocycles. The van der Waals surface area contributed by atoms with Crippen LogP contribution >= 0.6 is 11.8 Å². The molecule has 1 amide bonds. The van der Waals surface area contributed by atoms with E-state index in [0.29, 0.717) is 16.4 Å². The number of carboxylic acids is 1. The maximum Gasteiger partial charge on any atom is 0.339 e. The van der Waals surface area contributed by atoms with Crippen molar-refractivity contribution in [2.24, 2.45) is 0 Å². The minimum atomic E-state index is -1.11. The molecular formula is C16H16N2O6S. The van der Waals surface area contributed by atoms with Crippen molar-refractivity contribution in [3.8, 4) is 0 Å². The molecule has 2 aromatic rings. The van der Waals surface area contributed by atoms with Gasteiger partial charge in [0.1, 0.15) is 17.1 Å². The van der Waals surface area contributed by atoms with Crippen LogP contribution in [0.5, 0.6) is 0 Å². The molecule has 0 atom stereocenters. The number of nitrogens with one attached hydrogen (secondary N) is 1. The van der Waals surface area contributed by atoms with E-state index < -0.39 is 16.8 Å². The molecule has 25 heavy (non-hydrogen) atoms. The first kappa shape index (κ1) is 18.5. The van der Waals surface area contributed by atoms with Crippen LogP contribution < -0.4 is 5.32 Å². The van der Waals surface area contributed by atoms with Crippen molar-refractivity contribution in [1.29, 1.82) is 0 Å². The number of rotatable bonds is 7. The Morgan fingerprint density at radius 3 is 2.60 bits per heavy atom. The van der Waals surface area contributed by atoms with Gasteiger partial charge in [-0.25, -0.2) is 4.79 Å². The van der Waals surface area contributed by atoms with E-state index in [2.05, 4.69) is 5.32 Å². The van der Waals surface area contributed by atoms with Gasteiger partial charge < -0.3 is 14.8 Å². The summed E-state index contributed by atoms with van der Waals surface area (Å²) in [6.45, 7) is 3.41. The largest absolute Gasteiger partial charge is 0.478 e. The summed E-state index contributed by atoms with van der Waals surface area (Å²) < 4.78 is 5.29. The van der Waals surface area contributed by atoms with E-state index in [4.69, 9.17) is 9.52 Å². The van der Waals surface area contributed by atoms with E-state index in [1.165, 1.54) is 36.9 Å². The first-order valence-corrected chi connectivity index (χ1v) is 8.34. The lowest BCUT2D eigenvalue weighted by molar-refractivity contribution is -0.384. The van der Waals surface area contributed by atoms with Crippen molar-refractivity contribution in [1.82, 2.24) is 5.32 Å². The fraction of sp³-hybridized carbons (Fsp3) is 0.250. The van der Waals surface area contributed by atoms with Gasteiger partial charge in [-0.2, -0.15) is 0 Å².